The Labute approximate surface area is 130 Å². The molecule has 0 aliphatic rings. The average Bonchev–Trinajstić information content (AvgIpc) is 2.91. The van der Waals surface area contributed by atoms with E-state index in [4.69, 9.17) is 9.47 Å². The standard InChI is InChI=1S/C14H14N2O5S/c1-9-13(22-8-15-9)5-6-21-14(17)11-7-10(16(18)19)3-4-12(11)20-2/h3-4,7-8H,5-6H2,1-2H3. The lowest BCUT2D eigenvalue weighted by molar-refractivity contribution is -0.384. The number of aryl methyl sites for hydroxylation is 1. The van der Waals surface area contributed by atoms with Gasteiger partial charge in [0.2, 0.25) is 0 Å². The van der Waals surface area contributed by atoms with Crippen LogP contribution in [-0.4, -0.2) is 29.6 Å². The van der Waals surface area contributed by atoms with Crippen molar-refractivity contribution in [2.45, 2.75) is 13.3 Å². The third kappa shape index (κ3) is 3.59. The Morgan fingerprint density at radius 3 is 2.82 bits per heavy atom. The van der Waals surface area contributed by atoms with Gasteiger partial charge in [-0.2, -0.15) is 0 Å². The molecule has 2 aromatic rings. The fourth-order valence-corrected chi connectivity index (χ4v) is 2.61. The van der Waals surface area contributed by atoms with Gasteiger partial charge in [-0.05, 0) is 13.0 Å². The number of hydrogen-bond acceptors (Lipinski definition) is 7. The van der Waals surface area contributed by atoms with Crippen LogP contribution in [0.1, 0.15) is 20.9 Å². The van der Waals surface area contributed by atoms with Crippen molar-refractivity contribution in [3.63, 3.8) is 0 Å². The second-order valence-electron chi connectivity index (χ2n) is 4.39. The van der Waals surface area contributed by atoms with Crippen LogP contribution in [-0.2, 0) is 11.2 Å². The molecule has 22 heavy (non-hydrogen) atoms. The lowest BCUT2D eigenvalue weighted by atomic mass is 10.2. The van der Waals surface area contributed by atoms with E-state index in [1.807, 2.05) is 6.92 Å². The van der Waals surface area contributed by atoms with E-state index in [-0.39, 0.29) is 23.6 Å². The molecule has 0 unspecified atom stereocenters. The highest BCUT2D eigenvalue weighted by molar-refractivity contribution is 7.09. The zero-order valence-electron chi connectivity index (χ0n) is 12.1. The van der Waals surface area contributed by atoms with E-state index in [1.165, 1.54) is 30.6 Å². The predicted octanol–water partition coefficient (Wildman–Crippen LogP) is 2.77. The normalized spacial score (nSPS) is 10.3. The van der Waals surface area contributed by atoms with Crippen molar-refractivity contribution >= 4 is 23.0 Å². The first-order chi connectivity index (χ1) is 10.5. The van der Waals surface area contributed by atoms with E-state index in [9.17, 15) is 14.9 Å². The molecule has 0 saturated carbocycles. The molecule has 0 aliphatic heterocycles. The summed E-state index contributed by atoms with van der Waals surface area (Å²) in [5.74, 6) is -0.410. The van der Waals surface area contributed by atoms with Gasteiger partial charge in [0.1, 0.15) is 11.3 Å². The fourth-order valence-electron chi connectivity index (χ4n) is 1.85. The maximum absolute atomic E-state index is 12.1. The summed E-state index contributed by atoms with van der Waals surface area (Å²) in [6.45, 7) is 2.06. The van der Waals surface area contributed by atoms with Crippen LogP contribution in [0.25, 0.3) is 0 Å². The molecule has 0 bridgehead atoms. The number of rotatable bonds is 6. The number of hydrogen-bond donors (Lipinski definition) is 0. The Hall–Kier alpha value is -2.48. The van der Waals surface area contributed by atoms with E-state index >= 15 is 0 Å². The highest BCUT2D eigenvalue weighted by Gasteiger charge is 2.18. The molecule has 1 aromatic carbocycles. The Balaban J connectivity index is 2.06. The van der Waals surface area contributed by atoms with Gasteiger partial charge in [0.05, 0.1) is 29.8 Å². The van der Waals surface area contributed by atoms with E-state index in [0.717, 1.165) is 16.6 Å². The van der Waals surface area contributed by atoms with Crippen LogP contribution in [0.15, 0.2) is 23.7 Å². The Kier molecular flexibility index (Phi) is 5.05. The van der Waals surface area contributed by atoms with Crippen molar-refractivity contribution < 1.29 is 19.2 Å². The Bertz CT molecular complexity index is 698. The Morgan fingerprint density at radius 2 is 2.23 bits per heavy atom. The van der Waals surface area contributed by atoms with Crippen molar-refractivity contribution in [2.75, 3.05) is 13.7 Å². The minimum absolute atomic E-state index is 0.0396. The molecule has 7 nitrogen and oxygen atoms in total. The summed E-state index contributed by atoms with van der Waals surface area (Å²) in [5, 5.41) is 10.8. The molecular formula is C14H14N2O5S. The van der Waals surface area contributed by atoms with Crippen molar-refractivity contribution in [1.82, 2.24) is 4.98 Å². The highest BCUT2D eigenvalue weighted by Crippen LogP contribution is 2.24. The molecule has 0 aliphatic carbocycles. The number of carbonyl (C=O) groups is 1. The van der Waals surface area contributed by atoms with Gasteiger partial charge in [0, 0.05) is 23.4 Å². The number of methoxy groups -OCH3 is 1. The molecule has 0 amide bonds. The van der Waals surface area contributed by atoms with Gasteiger partial charge in [0.15, 0.2) is 0 Å². The molecule has 0 spiro atoms. The zero-order valence-corrected chi connectivity index (χ0v) is 12.9. The topological polar surface area (TPSA) is 91.6 Å². The number of nitro groups is 1. The van der Waals surface area contributed by atoms with Crippen LogP contribution in [0.5, 0.6) is 5.75 Å². The molecule has 1 heterocycles. The summed E-state index contributed by atoms with van der Waals surface area (Å²) in [4.78, 5) is 27.4. The third-order valence-electron chi connectivity index (χ3n) is 3.02. The van der Waals surface area contributed by atoms with Crippen LogP contribution in [0.2, 0.25) is 0 Å². The number of aromatic nitrogens is 1. The monoisotopic (exact) mass is 322 g/mol. The van der Waals surface area contributed by atoms with E-state index in [2.05, 4.69) is 4.98 Å². The Morgan fingerprint density at radius 1 is 1.45 bits per heavy atom. The SMILES string of the molecule is COc1ccc([N+](=O)[O-])cc1C(=O)OCCc1scnc1C. The van der Waals surface area contributed by atoms with Gasteiger partial charge in [0.25, 0.3) is 5.69 Å². The van der Waals surface area contributed by atoms with Gasteiger partial charge in [-0.25, -0.2) is 9.78 Å². The maximum Gasteiger partial charge on any atom is 0.342 e. The molecule has 0 atom stereocenters. The first kappa shape index (κ1) is 15.9. The lowest BCUT2D eigenvalue weighted by Crippen LogP contribution is -2.10. The number of ether oxygens (including phenoxy) is 2. The van der Waals surface area contributed by atoms with Gasteiger partial charge in [-0.1, -0.05) is 0 Å². The number of thiazole rings is 1. The predicted molar refractivity (Wildman–Crippen MR) is 80.5 cm³/mol. The number of benzene rings is 1. The largest absolute Gasteiger partial charge is 0.496 e. The first-order valence-electron chi connectivity index (χ1n) is 6.41. The van der Waals surface area contributed by atoms with Crippen molar-refractivity contribution in [3.05, 3.63) is 50.0 Å². The van der Waals surface area contributed by atoms with E-state index in [0.29, 0.717) is 6.42 Å². The molecule has 0 fully saturated rings. The molecule has 116 valence electrons. The highest BCUT2D eigenvalue weighted by atomic mass is 32.1. The summed E-state index contributed by atoms with van der Waals surface area (Å²) >= 11 is 1.49. The quantitative estimate of drug-likeness (QED) is 0.461. The van der Waals surface area contributed by atoms with Crippen molar-refractivity contribution in [2.24, 2.45) is 0 Å². The summed E-state index contributed by atoms with van der Waals surface area (Å²) in [5.41, 5.74) is 2.49. The number of nitro benzene ring substituents is 1. The molecule has 1 aromatic heterocycles. The summed E-state index contributed by atoms with van der Waals surface area (Å²) < 4.78 is 10.2. The van der Waals surface area contributed by atoms with E-state index < -0.39 is 10.9 Å². The molecular weight excluding hydrogens is 308 g/mol. The number of non-ortho nitro benzene ring substituents is 1. The van der Waals surface area contributed by atoms with Gasteiger partial charge in [-0.3, -0.25) is 10.1 Å². The van der Waals surface area contributed by atoms with Gasteiger partial charge < -0.3 is 9.47 Å². The van der Waals surface area contributed by atoms with Gasteiger partial charge >= 0.3 is 5.97 Å². The molecule has 8 heteroatoms. The second-order valence-corrected chi connectivity index (χ2v) is 5.33. The van der Waals surface area contributed by atoms with Crippen LogP contribution in [0.3, 0.4) is 0 Å². The van der Waals surface area contributed by atoms with E-state index in [1.54, 1.807) is 5.51 Å². The van der Waals surface area contributed by atoms with Gasteiger partial charge in [-0.15, -0.1) is 11.3 Å². The lowest BCUT2D eigenvalue weighted by Gasteiger charge is -2.08. The maximum atomic E-state index is 12.1. The molecule has 0 N–H and O–H groups in total. The second kappa shape index (κ2) is 6.99. The summed E-state index contributed by atoms with van der Waals surface area (Å²) in [6, 6.07) is 3.80. The third-order valence-corrected chi connectivity index (χ3v) is 4.02. The summed E-state index contributed by atoms with van der Waals surface area (Å²) in [6.07, 6.45) is 0.555. The average molecular weight is 322 g/mol. The first-order valence-corrected chi connectivity index (χ1v) is 7.29. The number of nitrogens with zero attached hydrogens (tertiary/aromatic N) is 2. The van der Waals surface area contributed by atoms with Crippen molar-refractivity contribution in [3.8, 4) is 5.75 Å². The van der Waals surface area contributed by atoms with Crippen LogP contribution in [0, 0.1) is 17.0 Å². The minimum Gasteiger partial charge on any atom is -0.496 e. The molecule has 0 radical (unpaired) electrons. The fraction of sp³-hybridized carbons (Fsp3) is 0.286. The molecule has 0 saturated heterocycles. The van der Waals surface area contributed by atoms with Crippen LogP contribution in [0.4, 0.5) is 5.69 Å². The molecule has 2 rings (SSSR count). The van der Waals surface area contributed by atoms with Crippen molar-refractivity contribution in [1.29, 1.82) is 0 Å². The smallest absolute Gasteiger partial charge is 0.342 e. The summed E-state index contributed by atoms with van der Waals surface area (Å²) in [7, 11) is 1.39. The minimum atomic E-state index is -0.650. The zero-order chi connectivity index (χ0) is 16.1. The number of carbonyl (C=O) groups excluding carboxylic acids is 1. The van der Waals surface area contributed by atoms with Crippen LogP contribution >= 0.6 is 11.3 Å². The number of esters is 1. The van der Waals surface area contributed by atoms with Crippen LogP contribution < -0.4 is 4.74 Å².